The second kappa shape index (κ2) is 6.72. The minimum atomic E-state index is 0.387. The number of hydrogen-bond acceptors (Lipinski definition) is 3. The van der Waals surface area contributed by atoms with Crippen LogP contribution in [0.15, 0.2) is 0 Å². The molecule has 0 aromatic carbocycles. The summed E-state index contributed by atoms with van der Waals surface area (Å²) >= 11 is 0. The molecule has 1 aliphatic heterocycles. The van der Waals surface area contributed by atoms with E-state index in [9.17, 15) is 0 Å². The maximum atomic E-state index is 6.04. The molecule has 0 radical (unpaired) electrons. The number of rotatable bonds is 8. The Kier molecular flexibility index (Phi) is 5.26. The van der Waals surface area contributed by atoms with Gasteiger partial charge in [0.25, 0.3) is 0 Å². The number of hydrogen-bond donors (Lipinski definition) is 1. The summed E-state index contributed by atoms with van der Waals surface area (Å²) in [5.41, 5.74) is 0. The predicted octanol–water partition coefficient (Wildman–Crippen LogP) is 1.88. The molecule has 1 heterocycles. The third kappa shape index (κ3) is 4.94. The third-order valence-electron chi connectivity index (χ3n) is 3.87. The quantitative estimate of drug-likeness (QED) is 0.701. The summed E-state index contributed by atoms with van der Waals surface area (Å²) in [7, 11) is 0. The Bertz CT molecular complexity index is 210. The van der Waals surface area contributed by atoms with Crippen molar-refractivity contribution in [2.45, 2.75) is 51.7 Å². The molecule has 1 N–H and O–H groups in total. The second-order valence-corrected chi connectivity index (χ2v) is 5.88. The van der Waals surface area contributed by atoms with Crippen molar-refractivity contribution in [1.29, 1.82) is 0 Å². The highest BCUT2D eigenvalue weighted by Crippen LogP contribution is 2.19. The molecule has 1 atom stereocenters. The van der Waals surface area contributed by atoms with Crippen LogP contribution in [0.1, 0.15) is 39.5 Å². The van der Waals surface area contributed by atoms with Crippen LogP contribution in [0.5, 0.6) is 0 Å². The van der Waals surface area contributed by atoms with Crippen molar-refractivity contribution in [2.75, 3.05) is 32.8 Å². The number of nitrogens with one attached hydrogen (secondary N) is 1. The maximum absolute atomic E-state index is 6.04. The minimum absolute atomic E-state index is 0.387. The van der Waals surface area contributed by atoms with Gasteiger partial charge in [-0.3, -0.25) is 0 Å². The van der Waals surface area contributed by atoms with E-state index in [2.05, 4.69) is 24.1 Å². The van der Waals surface area contributed by atoms with Crippen LogP contribution in [0, 0.1) is 5.92 Å². The first-order chi connectivity index (χ1) is 8.25. The van der Waals surface area contributed by atoms with Gasteiger partial charge in [-0.25, -0.2) is 0 Å². The minimum Gasteiger partial charge on any atom is -0.375 e. The van der Waals surface area contributed by atoms with Gasteiger partial charge in [0, 0.05) is 19.1 Å². The molecule has 1 aliphatic carbocycles. The van der Waals surface area contributed by atoms with Crippen molar-refractivity contribution in [3.8, 4) is 0 Å². The summed E-state index contributed by atoms with van der Waals surface area (Å²) in [6, 6.07) is 0.790. The number of ether oxygens (including phenoxy) is 1. The molecule has 0 aromatic rings. The molecule has 2 aliphatic rings. The Morgan fingerprint density at radius 3 is 2.53 bits per heavy atom. The van der Waals surface area contributed by atoms with Gasteiger partial charge in [-0.2, -0.15) is 0 Å². The van der Waals surface area contributed by atoms with E-state index >= 15 is 0 Å². The van der Waals surface area contributed by atoms with Gasteiger partial charge in [-0.05, 0) is 44.7 Å². The summed E-state index contributed by atoms with van der Waals surface area (Å²) < 4.78 is 6.04. The molecule has 2 fully saturated rings. The largest absolute Gasteiger partial charge is 0.375 e. The summed E-state index contributed by atoms with van der Waals surface area (Å²) in [5, 5.41) is 3.58. The molecule has 1 unspecified atom stereocenters. The molecule has 0 aromatic heterocycles. The molecule has 0 amide bonds. The Hall–Kier alpha value is -0.120. The molecule has 2 rings (SSSR count). The lowest BCUT2D eigenvalue weighted by Crippen LogP contribution is -2.36. The average molecular weight is 240 g/mol. The van der Waals surface area contributed by atoms with Crippen molar-refractivity contribution in [2.24, 2.45) is 5.92 Å². The number of nitrogens with zero attached hydrogens (tertiary/aromatic N) is 1. The Labute approximate surface area is 106 Å². The lowest BCUT2D eigenvalue weighted by Gasteiger charge is -2.23. The summed E-state index contributed by atoms with van der Waals surface area (Å²) in [6.45, 7) is 10.1. The highest BCUT2D eigenvalue weighted by Gasteiger charge is 2.23. The number of likely N-dealkylation sites (tertiary alicyclic amines) is 1. The fourth-order valence-electron chi connectivity index (χ4n) is 2.40. The van der Waals surface area contributed by atoms with Crippen LogP contribution in [0.25, 0.3) is 0 Å². The van der Waals surface area contributed by atoms with Gasteiger partial charge in [-0.1, -0.05) is 13.8 Å². The Morgan fingerprint density at radius 2 is 1.94 bits per heavy atom. The molecule has 17 heavy (non-hydrogen) atoms. The van der Waals surface area contributed by atoms with E-state index in [0.717, 1.165) is 25.7 Å². The Morgan fingerprint density at radius 1 is 1.24 bits per heavy atom. The van der Waals surface area contributed by atoms with Gasteiger partial charge in [0.2, 0.25) is 0 Å². The second-order valence-electron chi connectivity index (χ2n) is 5.88. The van der Waals surface area contributed by atoms with E-state index in [-0.39, 0.29) is 0 Å². The smallest absolute Gasteiger partial charge is 0.0723 e. The van der Waals surface area contributed by atoms with Crippen LogP contribution in [-0.2, 0) is 4.74 Å². The van der Waals surface area contributed by atoms with Crippen LogP contribution in [0.2, 0.25) is 0 Å². The van der Waals surface area contributed by atoms with Crippen LogP contribution >= 0.6 is 0 Å². The molecule has 1 saturated carbocycles. The van der Waals surface area contributed by atoms with Gasteiger partial charge >= 0.3 is 0 Å². The fraction of sp³-hybridized carbons (Fsp3) is 1.00. The van der Waals surface area contributed by atoms with E-state index in [1.54, 1.807) is 0 Å². The van der Waals surface area contributed by atoms with Gasteiger partial charge in [0.05, 0.1) is 12.7 Å². The molecular formula is C14H28N2O. The summed E-state index contributed by atoms with van der Waals surface area (Å²) in [5.74, 6) is 0.611. The molecule has 3 heteroatoms. The molecule has 0 spiro atoms. The summed E-state index contributed by atoms with van der Waals surface area (Å²) in [4.78, 5) is 2.52. The normalized spacial score (nSPS) is 23.5. The van der Waals surface area contributed by atoms with E-state index < -0.39 is 0 Å². The molecular weight excluding hydrogens is 212 g/mol. The predicted molar refractivity (Wildman–Crippen MR) is 71.3 cm³/mol. The highest BCUT2D eigenvalue weighted by atomic mass is 16.5. The van der Waals surface area contributed by atoms with E-state index in [4.69, 9.17) is 4.74 Å². The SMILES string of the molecule is CC(C)C(CNC1CC1)OCCN1CCCC1. The zero-order valence-corrected chi connectivity index (χ0v) is 11.5. The van der Waals surface area contributed by atoms with Crippen molar-refractivity contribution < 1.29 is 4.74 Å². The van der Waals surface area contributed by atoms with E-state index in [0.29, 0.717) is 12.0 Å². The first-order valence-electron chi connectivity index (χ1n) is 7.33. The lowest BCUT2D eigenvalue weighted by molar-refractivity contribution is 0.0134. The van der Waals surface area contributed by atoms with Gasteiger partial charge in [0.15, 0.2) is 0 Å². The monoisotopic (exact) mass is 240 g/mol. The van der Waals surface area contributed by atoms with Crippen LogP contribution in [-0.4, -0.2) is 49.8 Å². The summed E-state index contributed by atoms with van der Waals surface area (Å²) in [6.07, 6.45) is 5.85. The average Bonchev–Trinajstić information content (AvgIpc) is 2.98. The molecule has 0 bridgehead atoms. The topological polar surface area (TPSA) is 24.5 Å². The van der Waals surface area contributed by atoms with Crippen LogP contribution in [0.4, 0.5) is 0 Å². The van der Waals surface area contributed by atoms with Crippen molar-refractivity contribution in [3.63, 3.8) is 0 Å². The molecule has 3 nitrogen and oxygen atoms in total. The molecule has 100 valence electrons. The van der Waals surface area contributed by atoms with Crippen LogP contribution in [0.3, 0.4) is 0 Å². The van der Waals surface area contributed by atoms with E-state index in [1.807, 2.05) is 0 Å². The van der Waals surface area contributed by atoms with Crippen molar-refractivity contribution >= 4 is 0 Å². The van der Waals surface area contributed by atoms with Gasteiger partial charge < -0.3 is 15.0 Å². The third-order valence-corrected chi connectivity index (χ3v) is 3.87. The lowest BCUT2D eigenvalue weighted by atomic mass is 10.1. The van der Waals surface area contributed by atoms with Crippen molar-refractivity contribution in [1.82, 2.24) is 10.2 Å². The van der Waals surface area contributed by atoms with Gasteiger partial charge in [0.1, 0.15) is 0 Å². The van der Waals surface area contributed by atoms with E-state index in [1.165, 1.54) is 38.8 Å². The van der Waals surface area contributed by atoms with Crippen LogP contribution < -0.4 is 5.32 Å². The molecule has 1 saturated heterocycles. The Balaban J connectivity index is 1.58. The maximum Gasteiger partial charge on any atom is 0.0723 e. The zero-order valence-electron chi connectivity index (χ0n) is 11.5. The zero-order chi connectivity index (χ0) is 12.1. The first-order valence-corrected chi connectivity index (χ1v) is 7.33. The van der Waals surface area contributed by atoms with Gasteiger partial charge in [-0.15, -0.1) is 0 Å². The standard InChI is InChI=1S/C14H28N2O/c1-12(2)14(11-15-13-5-6-13)17-10-9-16-7-3-4-8-16/h12-15H,3-11H2,1-2H3. The first kappa shape index (κ1) is 13.3. The highest BCUT2D eigenvalue weighted by molar-refractivity contribution is 4.82. The fourth-order valence-corrected chi connectivity index (χ4v) is 2.40. The van der Waals surface area contributed by atoms with Crippen molar-refractivity contribution in [3.05, 3.63) is 0 Å².